The van der Waals surface area contributed by atoms with Gasteiger partial charge in [0.15, 0.2) is 0 Å². The second-order valence-electron chi connectivity index (χ2n) is 1.22. The number of amides is 1. The van der Waals surface area contributed by atoms with Crippen molar-refractivity contribution in [2.24, 2.45) is 11.7 Å². The van der Waals surface area contributed by atoms with E-state index in [0.717, 1.165) is 6.08 Å². The third-order valence-corrected chi connectivity index (χ3v) is 0.596. The van der Waals surface area contributed by atoms with Crippen LogP contribution in [-0.4, -0.2) is 24.2 Å². The highest BCUT2D eigenvalue weighted by molar-refractivity contribution is 5.86. The molecule has 1 amide bonds. The Kier molecular flexibility index (Phi) is 13.0. The molecule has 0 aliphatic heterocycles. The van der Waals surface area contributed by atoms with Crippen molar-refractivity contribution in [3.05, 3.63) is 12.7 Å². The monoisotopic (exact) mass is 147 g/mol. The Labute approximate surface area is 59.7 Å². The molecule has 0 aromatic carbocycles. The van der Waals surface area contributed by atoms with Gasteiger partial charge >= 0.3 is 0 Å². The van der Waals surface area contributed by atoms with E-state index in [-0.39, 0.29) is 12.5 Å². The number of hydrogen-bond donors (Lipinski definition) is 4. The average Bonchev–Trinajstić information content (AvgIpc) is 2.04. The van der Waals surface area contributed by atoms with Crippen LogP contribution in [0.15, 0.2) is 12.7 Å². The third kappa shape index (κ3) is 10.1. The molecule has 0 rings (SSSR count). The molecule has 0 heterocycles. The lowest BCUT2D eigenvalue weighted by Crippen LogP contribution is -2.23. The molecule has 6 N–H and O–H groups in total. The van der Waals surface area contributed by atoms with Crippen molar-refractivity contribution >= 4 is 5.91 Å². The molecule has 60 valence electrons. The van der Waals surface area contributed by atoms with Gasteiger partial charge in [0, 0.05) is 6.54 Å². The summed E-state index contributed by atoms with van der Waals surface area (Å²) in [6.45, 7) is 3.49. The lowest BCUT2D eigenvalue weighted by molar-refractivity contribution is -0.116. The van der Waals surface area contributed by atoms with Crippen LogP contribution in [0, 0.1) is 0 Å². The Hall–Kier alpha value is -0.910. The number of nitrogens with one attached hydrogen (secondary N) is 1. The highest BCUT2D eigenvalue weighted by Gasteiger charge is 1.87. The second kappa shape index (κ2) is 11.0. The van der Waals surface area contributed by atoms with E-state index in [1.807, 2.05) is 0 Å². The van der Waals surface area contributed by atoms with E-state index in [4.69, 9.17) is 5.11 Å². The molecule has 0 saturated heterocycles. The predicted octanol–water partition coefficient (Wildman–Crippen LogP) is -1.90. The molecule has 10 heavy (non-hydrogen) atoms. The van der Waals surface area contributed by atoms with Gasteiger partial charge in [-0.1, -0.05) is 6.58 Å². The van der Waals surface area contributed by atoms with E-state index in [9.17, 15) is 4.79 Å². The normalized spacial score (nSPS) is 7.10. The molecular formula is C5H13N3O2. The Morgan fingerprint density at radius 2 is 2.20 bits per heavy atom. The van der Waals surface area contributed by atoms with Gasteiger partial charge in [0.2, 0.25) is 5.91 Å². The number of hydrogen-bond acceptors (Lipinski definition) is 4. The molecule has 0 spiro atoms. The van der Waals surface area contributed by atoms with Crippen molar-refractivity contribution in [3.63, 3.8) is 0 Å². The van der Waals surface area contributed by atoms with Gasteiger partial charge in [0.1, 0.15) is 0 Å². The lowest BCUT2D eigenvalue weighted by Gasteiger charge is -1.94. The average molecular weight is 147 g/mol. The second-order valence-corrected chi connectivity index (χ2v) is 1.22. The van der Waals surface area contributed by atoms with Gasteiger partial charge in [0.05, 0.1) is 6.61 Å². The van der Waals surface area contributed by atoms with Gasteiger partial charge in [-0.3, -0.25) is 16.5 Å². The highest BCUT2D eigenvalue weighted by Crippen LogP contribution is 1.62. The van der Waals surface area contributed by atoms with Crippen LogP contribution in [-0.2, 0) is 4.79 Å². The van der Waals surface area contributed by atoms with Crippen LogP contribution in [0.4, 0.5) is 0 Å². The summed E-state index contributed by atoms with van der Waals surface area (Å²) in [7, 11) is 0. The molecule has 0 bridgehead atoms. The van der Waals surface area contributed by atoms with Gasteiger partial charge in [-0.25, -0.2) is 0 Å². The molecule has 5 heteroatoms. The fraction of sp³-hybridized carbons (Fsp3) is 0.400. The highest BCUT2D eigenvalue weighted by atomic mass is 16.3. The number of nitrogens with two attached hydrogens (primary N) is 2. The van der Waals surface area contributed by atoms with Crippen LogP contribution in [0.25, 0.3) is 0 Å². The zero-order chi connectivity index (χ0) is 8.41. The van der Waals surface area contributed by atoms with Gasteiger partial charge in [-0.2, -0.15) is 0 Å². The molecule has 0 aromatic rings. The van der Waals surface area contributed by atoms with Gasteiger partial charge in [-0.05, 0) is 6.08 Å². The Bertz CT molecular complexity index is 94.9. The molecular weight excluding hydrogens is 134 g/mol. The molecule has 5 nitrogen and oxygen atoms in total. The van der Waals surface area contributed by atoms with Crippen molar-refractivity contribution in [2.45, 2.75) is 0 Å². The summed E-state index contributed by atoms with van der Waals surface area (Å²) in [4.78, 5) is 10.2. The molecule has 0 unspecified atom stereocenters. The summed E-state index contributed by atoms with van der Waals surface area (Å²) in [6, 6.07) is 0. The Morgan fingerprint density at radius 1 is 1.70 bits per heavy atom. The van der Waals surface area contributed by atoms with Crippen LogP contribution < -0.4 is 17.0 Å². The summed E-state index contributed by atoms with van der Waals surface area (Å²) >= 11 is 0. The number of rotatable bonds is 3. The SMILES string of the molecule is C=CC(=O)NCCO.NN. The van der Waals surface area contributed by atoms with Crippen molar-refractivity contribution in [1.82, 2.24) is 5.32 Å². The number of aliphatic hydroxyl groups is 1. The molecule has 0 atom stereocenters. The minimum Gasteiger partial charge on any atom is -0.395 e. The molecule has 0 aliphatic rings. The van der Waals surface area contributed by atoms with E-state index in [2.05, 4.69) is 23.6 Å². The predicted molar refractivity (Wildman–Crippen MR) is 38.7 cm³/mol. The molecule has 0 saturated carbocycles. The number of carbonyl (C=O) groups is 1. The smallest absolute Gasteiger partial charge is 0.243 e. The first kappa shape index (κ1) is 11.8. The van der Waals surface area contributed by atoms with Crippen molar-refractivity contribution < 1.29 is 9.90 Å². The number of aliphatic hydroxyl groups excluding tert-OH is 1. The van der Waals surface area contributed by atoms with Crippen molar-refractivity contribution in [1.29, 1.82) is 0 Å². The zero-order valence-electron chi connectivity index (χ0n) is 5.71. The summed E-state index contributed by atoms with van der Waals surface area (Å²) in [5, 5.41) is 10.5. The summed E-state index contributed by atoms with van der Waals surface area (Å²) in [5.74, 6) is 7.75. The van der Waals surface area contributed by atoms with E-state index < -0.39 is 0 Å². The van der Waals surface area contributed by atoms with Crippen LogP contribution in [0.1, 0.15) is 0 Å². The largest absolute Gasteiger partial charge is 0.395 e. The van der Waals surface area contributed by atoms with Gasteiger partial charge in [0.25, 0.3) is 0 Å². The van der Waals surface area contributed by atoms with Crippen molar-refractivity contribution in [3.8, 4) is 0 Å². The summed E-state index contributed by atoms with van der Waals surface area (Å²) < 4.78 is 0. The Morgan fingerprint density at radius 3 is 2.50 bits per heavy atom. The standard InChI is InChI=1S/C5H9NO2.H4N2/c1-2-5(8)6-3-4-7;1-2/h2,7H,1,3-4H2,(H,6,8);1-2H2. The first-order valence-electron chi connectivity index (χ1n) is 2.65. The van der Waals surface area contributed by atoms with E-state index >= 15 is 0 Å². The molecule has 0 aliphatic carbocycles. The maximum atomic E-state index is 10.2. The summed E-state index contributed by atoms with van der Waals surface area (Å²) in [5.41, 5.74) is 0. The van der Waals surface area contributed by atoms with Crippen LogP contribution in [0.5, 0.6) is 0 Å². The van der Waals surface area contributed by atoms with E-state index in [1.54, 1.807) is 0 Å². The van der Waals surface area contributed by atoms with Crippen LogP contribution in [0.3, 0.4) is 0 Å². The van der Waals surface area contributed by atoms with E-state index in [0.29, 0.717) is 6.54 Å². The van der Waals surface area contributed by atoms with Crippen LogP contribution in [0.2, 0.25) is 0 Å². The van der Waals surface area contributed by atoms with E-state index in [1.165, 1.54) is 0 Å². The number of hydrazine groups is 1. The van der Waals surface area contributed by atoms with Gasteiger partial charge < -0.3 is 10.4 Å². The Balaban J connectivity index is 0. The van der Waals surface area contributed by atoms with Crippen molar-refractivity contribution in [2.75, 3.05) is 13.2 Å². The maximum absolute atomic E-state index is 10.2. The summed E-state index contributed by atoms with van der Waals surface area (Å²) in [6.07, 6.45) is 1.16. The zero-order valence-corrected chi connectivity index (χ0v) is 5.71. The molecule has 0 fully saturated rings. The lowest BCUT2D eigenvalue weighted by atomic mass is 10.5. The third-order valence-electron chi connectivity index (χ3n) is 0.596. The minimum absolute atomic E-state index is 0.0282. The first-order chi connectivity index (χ1) is 4.81. The fourth-order valence-corrected chi connectivity index (χ4v) is 0.251. The van der Waals surface area contributed by atoms with Gasteiger partial charge in [-0.15, -0.1) is 0 Å². The molecule has 0 radical (unpaired) electrons. The minimum atomic E-state index is -0.251. The maximum Gasteiger partial charge on any atom is 0.243 e. The molecule has 0 aromatic heterocycles. The topological polar surface area (TPSA) is 101 Å². The first-order valence-corrected chi connectivity index (χ1v) is 2.65. The fourth-order valence-electron chi connectivity index (χ4n) is 0.251. The van der Waals surface area contributed by atoms with Crippen LogP contribution >= 0.6 is 0 Å². The quantitative estimate of drug-likeness (QED) is 0.213. The number of carbonyl (C=O) groups excluding carboxylic acids is 1.